The molecule has 1 heterocycles. The van der Waals surface area contributed by atoms with Crippen LogP contribution in [0.2, 0.25) is 0 Å². The molecule has 190 valence electrons. The number of ether oxygens (including phenoxy) is 1. The second-order valence-corrected chi connectivity index (χ2v) is 10.6. The van der Waals surface area contributed by atoms with E-state index in [1.807, 2.05) is 12.1 Å². The Hall–Kier alpha value is -2.91. The molecule has 9 heteroatoms. The first-order valence-corrected chi connectivity index (χ1v) is 13.8. The zero-order valence-electron chi connectivity index (χ0n) is 20.6. The third-order valence-corrected chi connectivity index (χ3v) is 7.39. The van der Waals surface area contributed by atoms with E-state index in [9.17, 15) is 13.2 Å². The lowest BCUT2D eigenvalue weighted by atomic mass is 10.1. The first-order valence-electron chi connectivity index (χ1n) is 12.2. The lowest BCUT2D eigenvalue weighted by Gasteiger charge is -2.17. The second kappa shape index (κ2) is 13.3. The molecule has 0 spiro atoms. The number of amides is 1. The summed E-state index contributed by atoms with van der Waals surface area (Å²) in [6.07, 6.45) is 2.99. The molecule has 0 fully saturated rings. The summed E-state index contributed by atoms with van der Waals surface area (Å²) < 4.78 is 30.7. The highest BCUT2D eigenvalue weighted by Crippen LogP contribution is 2.17. The molecule has 0 radical (unpaired) electrons. The molecule has 8 nitrogen and oxygen atoms in total. The van der Waals surface area contributed by atoms with Gasteiger partial charge in [0.2, 0.25) is 5.91 Å². The first kappa shape index (κ1) is 26.7. The maximum absolute atomic E-state index is 12.5. The Morgan fingerprint density at radius 3 is 2.54 bits per heavy atom. The van der Waals surface area contributed by atoms with Crippen LogP contribution < -0.4 is 15.4 Å². The summed E-state index contributed by atoms with van der Waals surface area (Å²) in [6, 6.07) is 14.7. The topological polar surface area (TPSA) is 100 Å². The average Bonchev–Trinajstić information content (AvgIpc) is 3.41. The zero-order chi connectivity index (χ0) is 25.1. The van der Waals surface area contributed by atoms with Crippen LogP contribution in [0.3, 0.4) is 0 Å². The Morgan fingerprint density at radius 1 is 1.14 bits per heavy atom. The Morgan fingerprint density at radius 2 is 1.89 bits per heavy atom. The standard InChI is InChI=1S/C26H36N4O4S/c1-3-4-19-34-23-9-11-24(12-10-23)35(32,33)20-27-15-13-25(31)30(2)18-14-21-5-7-22(8-6-21)26-28-16-17-29-26/h5-12,27H,3-4,13-20H2,1-2H3,(H,28,29). The Kier molecular flexibility index (Phi) is 10.1. The number of rotatable bonds is 14. The third kappa shape index (κ3) is 8.36. The van der Waals surface area contributed by atoms with Gasteiger partial charge in [0.15, 0.2) is 9.84 Å². The normalized spacial score (nSPS) is 13.3. The van der Waals surface area contributed by atoms with E-state index in [0.717, 1.165) is 49.3 Å². The number of benzene rings is 2. The fourth-order valence-corrected chi connectivity index (χ4v) is 4.73. The van der Waals surface area contributed by atoms with Crippen LogP contribution in [0, 0.1) is 0 Å². The van der Waals surface area contributed by atoms with E-state index in [2.05, 4.69) is 34.7 Å². The number of carbonyl (C=O) groups excluding carboxylic acids is 1. The quantitative estimate of drug-likeness (QED) is 0.387. The minimum absolute atomic E-state index is 0.0235. The minimum atomic E-state index is -3.48. The van der Waals surface area contributed by atoms with Gasteiger partial charge in [-0.25, -0.2) is 8.42 Å². The predicted octanol–water partition coefficient (Wildman–Crippen LogP) is 2.63. The van der Waals surface area contributed by atoms with Crippen molar-refractivity contribution in [1.29, 1.82) is 0 Å². The number of carbonyl (C=O) groups is 1. The zero-order valence-corrected chi connectivity index (χ0v) is 21.4. The van der Waals surface area contributed by atoms with E-state index in [1.165, 1.54) is 0 Å². The van der Waals surface area contributed by atoms with E-state index in [0.29, 0.717) is 25.4 Å². The molecule has 2 aromatic rings. The minimum Gasteiger partial charge on any atom is -0.494 e. The number of unbranched alkanes of at least 4 members (excludes halogenated alkanes) is 1. The molecule has 2 N–H and O–H groups in total. The van der Waals surface area contributed by atoms with Crippen LogP contribution in [-0.2, 0) is 21.1 Å². The smallest absolute Gasteiger partial charge is 0.223 e. The van der Waals surface area contributed by atoms with Gasteiger partial charge in [-0.2, -0.15) is 0 Å². The van der Waals surface area contributed by atoms with Crippen LogP contribution in [0.5, 0.6) is 5.75 Å². The number of hydrogen-bond donors (Lipinski definition) is 2. The van der Waals surface area contributed by atoms with Gasteiger partial charge in [-0.1, -0.05) is 37.6 Å². The molecular weight excluding hydrogens is 464 g/mol. The number of hydrogen-bond acceptors (Lipinski definition) is 7. The van der Waals surface area contributed by atoms with Crippen molar-refractivity contribution in [2.45, 2.75) is 37.5 Å². The fraction of sp³-hybridized carbons (Fsp3) is 0.462. The molecular formula is C26H36N4O4S. The molecule has 0 bridgehead atoms. The van der Waals surface area contributed by atoms with Crippen molar-refractivity contribution in [2.24, 2.45) is 4.99 Å². The SMILES string of the molecule is CCCCOc1ccc(S(=O)(=O)CNCCC(=O)N(C)CCc2ccc(C3=NCCN3)cc2)cc1. The van der Waals surface area contributed by atoms with Crippen molar-refractivity contribution >= 4 is 21.6 Å². The van der Waals surface area contributed by atoms with Crippen molar-refractivity contribution in [3.05, 3.63) is 59.7 Å². The Bertz CT molecular complexity index is 1080. The molecule has 35 heavy (non-hydrogen) atoms. The third-order valence-electron chi connectivity index (χ3n) is 5.82. The summed E-state index contributed by atoms with van der Waals surface area (Å²) >= 11 is 0. The van der Waals surface area contributed by atoms with Crippen molar-refractivity contribution in [3.8, 4) is 5.75 Å². The number of amidine groups is 1. The molecule has 1 amide bonds. The van der Waals surface area contributed by atoms with Crippen LogP contribution in [-0.4, -0.2) is 70.8 Å². The lowest BCUT2D eigenvalue weighted by Crippen LogP contribution is -2.32. The van der Waals surface area contributed by atoms with Gasteiger partial charge in [0.1, 0.15) is 17.5 Å². The van der Waals surface area contributed by atoms with Crippen LogP contribution in [0.4, 0.5) is 0 Å². The maximum Gasteiger partial charge on any atom is 0.223 e. The van der Waals surface area contributed by atoms with Gasteiger partial charge in [0.05, 0.1) is 18.0 Å². The van der Waals surface area contributed by atoms with Crippen molar-refractivity contribution in [2.75, 3.05) is 45.7 Å². The Labute approximate surface area is 208 Å². The van der Waals surface area contributed by atoms with E-state index in [-0.39, 0.29) is 23.1 Å². The van der Waals surface area contributed by atoms with Gasteiger partial charge in [0, 0.05) is 38.7 Å². The highest BCUT2D eigenvalue weighted by atomic mass is 32.2. The summed E-state index contributed by atoms with van der Waals surface area (Å²) in [4.78, 5) is 18.8. The Balaban J connectivity index is 1.36. The molecule has 3 rings (SSSR count). The molecule has 1 aliphatic rings. The first-order chi connectivity index (χ1) is 16.9. The summed E-state index contributed by atoms with van der Waals surface area (Å²) in [5.74, 6) is 1.36. The van der Waals surface area contributed by atoms with Gasteiger partial charge < -0.3 is 20.3 Å². The van der Waals surface area contributed by atoms with E-state index in [4.69, 9.17) is 4.74 Å². The average molecular weight is 501 g/mol. The number of likely N-dealkylation sites (N-methyl/N-ethyl adjacent to an activating group) is 1. The van der Waals surface area contributed by atoms with Crippen LogP contribution in [0.25, 0.3) is 0 Å². The molecule has 0 atom stereocenters. The summed E-state index contributed by atoms with van der Waals surface area (Å²) in [5, 5.41) is 6.15. The molecule has 0 aliphatic carbocycles. The van der Waals surface area contributed by atoms with E-state index < -0.39 is 9.84 Å². The predicted molar refractivity (Wildman–Crippen MR) is 139 cm³/mol. The molecule has 0 aromatic heterocycles. The molecule has 1 aliphatic heterocycles. The molecule has 0 saturated carbocycles. The van der Waals surface area contributed by atoms with Crippen molar-refractivity contribution in [3.63, 3.8) is 0 Å². The lowest BCUT2D eigenvalue weighted by molar-refractivity contribution is -0.129. The molecule has 2 aromatic carbocycles. The monoisotopic (exact) mass is 500 g/mol. The van der Waals surface area contributed by atoms with Crippen LogP contribution in [0.15, 0.2) is 58.4 Å². The number of nitrogens with zero attached hydrogens (tertiary/aromatic N) is 2. The van der Waals surface area contributed by atoms with Gasteiger partial charge >= 0.3 is 0 Å². The van der Waals surface area contributed by atoms with E-state index >= 15 is 0 Å². The summed E-state index contributed by atoms with van der Waals surface area (Å²) in [5.41, 5.74) is 2.23. The van der Waals surface area contributed by atoms with Gasteiger partial charge in [-0.05, 0) is 42.7 Å². The van der Waals surface area contributed by atoms with Gasteiger partial charge in [0.25, 0.3) is 0 Å². The molecule has 0 saturated heterocycles. The van der Waals surface area contributed by atoms with Gasteiger partial charge in [-0.3, -0.25) is 9.79 Å². The summed E-state index contributed by atoms with van der Waals surface area (Å²) in [7, 11) is -1.71. The summed E-state index contributed by atoms with van der Waals surface area (Å²) in [6.45, 7) is 5.29. The molecule has 0 unspecified atom stereocenters. The van der Waals surface area contributed by atoms with E-state index in [1.54, 1.807) is 36.2 Å². The maximum atomic E-state index is 12.5. The number of sulfone groups is 1. The largest absolute Gasteiger partial charge is 0.494 e. The van der Waals surface area contributed by atoms with Crippen LogP contribution in [0.1, 0.15) is 37.3 Å². The number of aliphatic imine (C=N–C) groups is 1. The van der Waals surface area contributed by atoms with Crippen molar-refractivity contribution in [1.82, 2.24) is 15.5 Å². The van der Waals surface area contributed by atoms with Crippen molar-refractivity contribution < 1.29 is 17.9 Å². The highest BCUT2D eigenvalue weighted by Gasteiger charge is 2.15. The van der Waals surface area contributed by atoms with Gasteiger partial charge in [-0.15, -0.1) is 0 Å². The van der Waals surface area contributed by atoms with Crippen LogP contribution >= 0.6 is 0 Å². The highest BCUT2D eigenvalue weighted by molar-refractivity contribution is 7.91. The fourth-order valence-electron chi connectivity index (χ4n) is 3.60. The second-order valence-electron chi connectivity index (χ2n) is 8.60. The number of nitrogens with one attached hydrogen (secondary N) is 2.